The molecule has 0 unspecified atom stereocenters. The van der Waals surface area contributed by atoms with Crippen molar-refractivity contribution in [1.82, 2.24) is 14.5 Å². The molecular weight excluding hydrogens is 405 g/mol. The van der Waals surface area contributed by atoms with Crippen molar-refractivity contribution >= 4 is 11.6 Å². The van der Waals surface area contributed by atoms with Crippen molar-refractivity contribution in [2.24, 2.45) is 5.92 Å². The minimum Gasteiger partial charge on any atom is -0.310 e. The van der Waals surface area contributed by atoms with Gasteiger partial charge in [-0.3, -0.25) is 14.3 Å². The van der Waals surface area contributed by atoms with Crippen LogP contribution in [-0.2, 0) is 13.0 Å². The summed E-state index contributed by atoms with van der Waals surface area (Å²) in [5.74, 6) is 0.206. The highest BCUT2D eigenvalue weighted by Gasteiger charge is 2.22. The quantitative estimate of drug-likeness (QED) is 0.765. The number of rotatable bonds is 5. The molecule has 1 saturated heterocycles. The Morgan fingerprint density at radius 3 is 2.47 bits per heavy atom. The molecule has 2 aromatic rings. The van der Waals surface area contributed by atoms with Gasteiger partial charge in [-0.1, -0.05) is 30.9 Å². The van der Waals surface area contributed by atoms with Crippen molar-refractivity contribution in [3.63, 3.8) is 0 Å². The third-order valence-corrected chi connectivity index (χ3v) is 6.95. The SMILES string of the molecule is O=c1cc(CN2CCC(Cc3cc(F)ccc3Cl)CC2)[nH]c(=O)n1C1CCCCC1. The van der Waals surface area contributed by atoms with Crippen molar-refractivity contribution in [2.75, 3.05) is 13.1 Å². The zero-order valence-electron chi connectivity index (χ0n) is 17.2. The summed E-state index contributed by atoms with van der Waals surface area (Å²) in [6.07, 6.45) is 7.90. The molecule has 1 aromatic heterocycles. The van der Waals surface area contributed by atoms with E-state index in [0.717, 1.165) is 63.6 Å². The van der Waals surface area contributed by atoms with Gasteiger partial charge in [-0.25, -0.2) is 9.18 Å². The fourth-order valence-electron chi connectivity index (χ4n) is 4.92. The second-order valence-corrected chi connectivity index (χ2v) is 9.17. The van der Waals surface area contributed by atoms with Crippen LogP contribution in [0.25, 0.3) is 0 Å². The van der Waals surface area contributed by atoms with Crippen LogP contribution in [-0.4, -0.2) is 27.5 Å². The Balaban J connectivity index is 1.35. The van der Waals surface area contributed by atoms with Crippen LogP contribution < -0.4 is 11.2 Å². The number of piperidine rings is 1. The van der Waals surface area contributed by atoms with E-state index < -0.39 is 0 Å². The molecule has 5 nitrogen and oxygen atoms in total. The van der Waals surface area contributed by atoms with Crippen LogP contribution in [0.15, 0.2) is 33.9 Å². The molecule has 1 aliphatic carbocycles. The maximum Gasteiger partial charge on any atom is 0.328 e. The highest BCUT2D eigenvalue weighted by Crippen LogP contribution is 2.27. The summed E-state index contributed by atoms with van der Waals surface area (Å²) in [6, 6.07) is 6.16. The Labute approximate surface area is 180 Å². The Kier molecular flexibility index (Phi) is 6.74. The molecule has 0 atom stereocenters. The molecule has 1 aromatic carbocycles. The largest absolute Gasteiger partial charge is 0.328 e. The van der Waals surface area contributed by atoms with Crippen molar-refractivity contribution < 1.29 is 4.39 Å². The molecule has 2 fully saturated rings. The topological polar surface area (TPSA) is 58.1 Å². The van der Waals surface area contributed by atoms with Gasteiger partial charge in [0.05, 0.1) is 0 Å². The summed E-state index contributed by atoms with van der Waals surface area (Å²) in [4.78, 5) is 30.4. The smallest absolute Gasteiger partial charge is 0.310 e. The molecule has 1 aliphatic heterocycles. The molecule has 4 rings (SSSR count). The number of aromatic nitrogens is 2. The molecule has 2 heterocycles. The second-order valence-electron chi connectivity index (χ2n) is 8.76. The van der Waals surface area contributed by atoms with E-state index in [0.29, 0.717) is 23.2 Å². The number of aromatic amines is 1. The predicted octanol–water partition coefficient (Wildman–Crippen LogP) is 4.29. The van der Waals surface area contributed by atoms with Crippen LogP contribution in [0.4, 0.5) is 4.39 Å². The third kappa shape index (κ3) is 5.03. The number of hydrogen-bond donors (Lipinski definition) is 1. The summed E-state index contributed by atoms with van der Waals surface area (Å²) in [5.41, 5.74) is 1.09. The minimum absolute atomic E-state index is 0.0365. The van der Waals surface area contributed by atoms with E-state index in [1.54, 1.807) is 12.1 Å². The number of hydrogen-bond acceptors (Lipinski definition) is 3. The third-order valence-electron chi connectivity index (χ3n) is 6.58. The Morgan fingerprint density at radius 1 is 1.03 bits per heavy atom. The van der Waals surface area contributed by atoms with Crippen LogP contribution >= 0.6 is 11.6 Å². The molecule has 162 valence electrons. The van der Waals surface area contributed by atoms with Crippen LogP contribution in [0.2, 0.25) is 5.02 Å². The maximum absolute atomic E-state index is 13.5. The molecule has 30 heavy (non-hydrogen) atoms. The van der Waals surface area contributed by atoms with Gasteiger partial charge in [0.25, 0.3) is 5.56 Å². The average molecular weight is 434 g/mol. The van der Waals surface area contributed by atoms with E-state index in [9.17, 15) is 14.0 Å². The minimum atomic E-state index is -0.278. The van der Waals surface area contributed by atoms with Gasteiger partial charge in [0.1, 0.15) is 5.82 Å². The first-order valence-corrected chi connectivity index (χ1v) is 11.4. The van der Waals surface area contributed by atoms with Gasteiger partial charge in [-0.2, -0.15) is 0 Å². The fourth-order valence-corrected chi connectivity index (χ4v) is 5.12. The average Bonchev–Trinajstić information content (AvgIpc) is 2.72. The van der Waals surface area contributed by atoms with E-state index >= 15 is 0 Å². The molecule has 0 amide bonds. The van der Waals surface area contributed by atoms with Crippen molar-refractivity contribution in [3.8, 4) is 0 Å². The van der Waals surface area contributed by atoms with Gasteiger partial charge < -0.3 is 4.98 Å². The first-order valence-electron chi connectivity index (χ1n) is 11.0. The molecular formula is C23H29ClFN3O2. The van der Waals surface area contributed by atoms with E-state index in [2.05, 4.69) is 9.88 Å². The van der Waals surface area contributed by atoms with Crippen LogP contribution in [0.1, 0.15) is 62.2 Å². The summed E-state index contributed by atoms with van der Waals surface area (Å²) < 4.78 is 14.9. The molecule has 1 saturated carbocycles. The van der Waals surface area contributed by atoms with Gasteiger partial charge in [0.15, 0.2) is 0 Å². The lowest BCUT2D eigenvalue weighted by molar-refractivity contribution is 0.174. The number of nitrogens with one attached hydrogen (secondary N) is 1. The van der Waals surface area contributed by atoms with Crippen LogP contribution in [0.3, 0.4) is 0 Å². The lowest BCUT2D eigenvalue weighted by Crippen LogP contribution is -2.40. The van der Waals surface area contributed by atoms with E-state index in [4.69, 9.17) is 11.6 Å². The zero-order valence-corrected chi connectivity index (χ0v) is 18.0. The number of benzene rings is 1. The Morgan fingerprint density at radius 2 is 1.77 bits per heavy atom. The van der Waals surface area contributed by atoms with Gasteiger partial charge in [0.2, 0.25) is 0 Å². The van der Waals surface area contributed by atoms with Crippen molar-refractivity contribution in [2.45, 2.75) is 64.0 Å². The summed E-state index contributed by atoms with van der Waals surface area (Å²) in [5, 5.41) is 0.620. The van der Waals surface area contributed by atoms with Crippen molar-refractivity contribution in [1.29, 1.82) is 0 Å². The highest BCUT2D eigenvalue weighted by atomic mass is 35.5. The lowest BCUT2D eigenvalue weighted by Gasteiger charge is -2.32. The molecule has 0 spiro atoms. The van der Waals surface area contributed by atoms with Gasteiger partial charge in [0, 0.05) is 29.4 Å². The van der Waals surface area contributed by atoms with E-state index in [-0.39, 0.29) is 23.1 Å². The number of likely N-dealkylation sites (tertiary alicyclic amines) is 1. The monoisotopic (exact) mass is 433 g/mol. The number of H-pyrrole nitrogens is 1. The number of nitrogens with zero attached hydrogens (tertiary/aromatic N) is 2. The first-order chi connectivity index (χ1) is 14.5. The van der Waals surface area contributed by atoms with Crippen LogP contribution in [0, 0.1) is 11.7 Å². The lowest BCUT2D eigenvalue weighted by atomic mass is 9.90. The molecule has 7 heteroatoms. The zero-order chi connectivity index (χ0) is 21.1. The summed E-state index contributed by atoms with van der Waals surface area (Å²) in [7, 11) is 0. The van der Waals surface area contributed by atoms with Gasteiger partial charge in [-0.15, -0.1) is 0 Å². The second kappa shape index (κ2) is 9.48. The van der Waals surface area contributed by atoms with Gasteiger partial charge >= 0.3 is 5.69 Å². The molecule has 0 bridgehead atoms. The van der Waals surface area contributed by atoms with Crippen molar-refractivity contribution in [3.05, 3.63) is 67.2 Å². The Bertz CT molecular complexity index is 957. The predicted molar refractivity (Wildman–Crippen MR) is 117 cm³/mol. The normalized spacial score (nSPS) is 19.3. The summed E-state index contributed by atoms with van der Waals surface area (Å²) >= 11 is 6.21. The van der Waals surface area contributed by atoms with Gasteiger partial charge in [-0.05, 0) is 74.9 Å². The van der Waals surface area contributed by atoms with E-state index in [1.165, 1.54) is 23.1 Å². The standard InChI is InChI=1S/C23H29ClFN3O2/c24-21-7-6-18(25)13-17(21)12-16-8-10-27(11-9-16)15-19-14-22(29)28(23(30)26-19)20-4-2-1-3-5-20/h6-7,13-14,16,20H,1-5,8-12,15H2,(H,26,30). The molecule has 2 aliphatic rings. The fraction of sp³-hybridized carbons (Fsp3) is 0.565. The van der Waals surface area contributed by atoms with E-state index in [1.807, 2.05) is 0 Å². The summed E-state index contributed by atoms with van der Waals surface area (Å²) in [6.45, 7) is 2.33. The Hall–Kier alpha value is -1.92. The molecule has 1 N–H and O–H groups in total. The molecule has 0 radical (unpaired) electrons. The highest BCUT2D eigenvalue weighted by molar-refractivity contribution is 6.31. The number of halogens is 2. The first kappa shape index (κ1) is 21.3. The van der Waals surface area contributed by atoms with Crippen LogP contribution in [0.5, 0.6) is 0 Å². The maximum atomic E-state index is 13.5.